The zero-order valence-corrected chi connectivity index (χ0v) is 11.2. The van der Waals surface area contributed by atoms with Gasteiger partial charge in [0.25, 0.3) is 0 Å². The topological polar surface area (TPSA) is 26.3 Å². The van der Waals surface area contributed by atoms with Gasteiger partial charge in [-0.2, -0.15) is 0 Å². The zero-order chi connectivity index (χ0) is 13.9. The third-order valence-corrected chi connectivity index (χ3v) is 3.39. The van der Waals surface area contributed by atoms with Crippen molar-refractivity contribution in [2.24, 2.45) is 0 Å². The number of methoxy groups -OCH3 is 1. The van der Waals surface area contributed by atoms with Crippen molar-refractivity contribution in [1.29, 1.82) is 0 Å². The number of rotatable bonds is 2. The van der Waals surface area contributed by atoms with Gasteiger partial charge in [-0.25, -0.2) is 4.79 Å². The van der Waals surface area contributed by atoms with E-state index >= 15 is 0 Å². The van der Waals surface area contributed by atoms with E-state index in [1.165, 1.54) is 7.11 Å². The highest BCUT2D eigenvalue weighted by Crippen LogP contribution is 2.29. The number of fused-ring (bicyclic) bond motifs is 1. The smallest absolute Gasteiger partial charge is 0.337 e. The Morgan fingerprint density at radius 2 is 1.70 bits per heavy atom. The van der Waals surface area contributed by atoms with Crippen molar-refractivity contribution in [2.45, 2.75) is 0 Å². The summed E-state index contributed by atoms with van der Waals surface area (Å²) >= 11 is 0. The number of carbonyl (C=O) groups is 1. The third-order valence-electron chi connectivity index (χ3n) is 3.39. The van der Waals surface area contributed by atoms with Crippen molar-refractivity contribution in [2.75, 3.05) is 7.11 Å². The van der Waals surface area contributed by atoms with E-state index in [2.05, 4.69) is 18.2 Å². The molecule has 20 heavy (non-hydrogen) atoms. The Kier molecular flexibility index (Phi) is 3.21. The number of esters is 1. The van der Waals surface area contributed by atoms with Crippen LogP contribution in [0.15, 0.2) is 66.7 Å². The number of hydrogen-bond acceptors (Lipinski definition) is 2. The monoisotopic (exact) mass is 262 g/mol. The van der Waals surface area contributed by atoms with Crippen LogP contribution in [0.3, 0.4) is 0 Å². The van der Waals surface area contributed by atoms with E-state index in [4.69, 9.17) is 4.74 Å². The molecule has 0 aromatic heterocycles. The molecule has 0 atom stereocenters. The number of ether oxygens (including phenoxy) is 1. The third kappa shape index (κ3) is 2.16. The second-order valence-corrected chi connectivity index (χ2v) is 4.60. The highest BCUT2D eigenvalue weighted by molar-refractivity contribution is 6.01. The minimum Gasteiger partial charge on any atom is -0.465 e. The van der Waals surface area contributed by atoms with E-state index < -0.39 is 0 Å². The van der Waals surface area contributed by atoms with Gasteiger partial charge in [-0.1, -0.05) is 54.6 Å². The lowest BCUT2D eigenvalue weighted by Crippen LogP contribution is -2.00. The summed E-state index contributed by atoms with van der Waals surface area (Å²) in [6.07, 6.45) is 0. The summed E-state index contributed by atoms with van der Waals surface area (Å²) in [7, 11) is 1.40. The van der Waals surface area contributed by atoms with Crippen LogP contribution in [0.4, 0.5) is 0 Å². The standard InChI is InChI=1S/C18H14O2/c1-20-18(19)15-11-10-14-8-5-9-16(17(14)12-15)13-6-3-2-4-7-13/h2-12H,1H3. The fraction of sp³-hybridized carbons (Fsp3) is 0.0556. The maximum absolute atomic E-state index is 11.7. The molecule has 0 bridgehead atoms. The molecule has 0 aliphatic rings. The normalized spacial score (nSPS) is 10.4. The maximum atomic E-state index is 11.7. The summed E-state index contributed by atoms with van der Waals surface area (Å²) in [4.78, 5) is 11.7. The van der Waals surface area contributed by atoms with Crippen LogP contribution in [0, 0.1) is 0 Å². The average Bonchev–Trinajstić information content (AvgIpc) is 2.54. The van der Waals surface area contributed by atoms with Gasteiger partial charge in [0.2, 0.25) is 0 Å². The van der Waals surface area contributed by atoms with Crippen molar-refractivity contribution in [1.82, 2.24) is 0 Å². The Balaban J connectivity index is 2.24. The molecule has 0 N–H and O–H groups in total. The molecule has 0 amide bonds. The molecular formula is C18H14O2. The van der Waals surface area contributed by atoms with Gasteiger partial charge in [0, 0.05) is 0 Å². The summed E-state index contributed by atoms with van der Waals surface area (Å²) < 4.78 is 4.79. The lowest BCUT2D eigenvalue weighted by Gasteiger charge is -2.08. The molecule has 0 spiro atoms. The van der Waals surface area contributed by atoms with Gasteiger partial charge in [0.05, 0.1) is 12.7 Å². The minimum absolute atomic E-state index is 0.310. The van der Waals surface area contributed by atoms with E-state index in [1.807, 2.05) is 42.5 Å². The molecular weight excluding hydrogens is 248 g/mol. The van der Waals surface area contributed by atoms with Gasteiger partial charge in [0.15, 0.2) is 0 Å². The molecule has 2 heteroatoms. The van der Waals surface area contributed by atoms with Crippen LogP contribution in [-0.2, 0) is 4.74 Å². The van der Waals surface area contributed by atoms with Crippen molar-refractivity contribution in [3.05, 3.63) is 72.3 Å². The van der Waals surface area contributed by atoms with E-state index in [0.29, 0.717) is 5.56 Å². The Labute approximate surface area is 117 Å². The predicted molar refractivity (Wildman–Crippen MR) is 80.7 cm³/mol. The van der Waals surface area contributed by atoms with Crippen LogP contribution in [0.2, 0.25) is 0 Å². The molecule has 0 radical (unpaired) electrons. The zero-order valence-electron chi connectivity index (χ0n) is 11.2. The molecule has 2 nitrogen and oxygen atoms in total. The summed E-state index contributed by atoms with van der Waals surface area (Å²) in [6, 6.07) is 21.9. The number of benzene rings is 3. The molecule has 0 unspecified atom stereocenters. The van der Waals surface area contributed by atoms with Crippen LogP contribution in [-0.4, -0.2) is 13.1 Å². The van der Waals surface area contributed by atoms with Gasteiger partial charge >= 0.3 is 5.97 Å². The first-order valence-electron chi connectivity index (χ1n) is 6.46. The average molecular weight is 262 g/mol. The summed E-state index contributed by atoms with van der Waals surface area (Å²) in [5.74, 6) is -0.310. The Hall–Kier alpha value is -2.61. The van der Waals surface area contributed by atoms with Crippen molar-refractivity contribution < 1.29 is 9.53 Å². The van der Waals surface area contributed by atoms with Gasteiger partial charge in [-0.15, -0.1) is 0 Å². The molecule has 98 valence electrons. The maximum Gasteiger partial charge on any atom is 0.337 e. The van der Waals surface area contributed by atoms with E-state index in [-0.39, 0.29) is 5.97 Å². The first kappa shape index (κ1) is 12.4. The van der Waals surface area contributed by atoms with Gasteiger partial charge in [-0.05, 0) is 34.0 Å². The molecule has 0 saturated carbocycles. The Morgan fingerprint density at radius 3 is 2.45 bits per heavy atom. The summed E-state index contributed by atoms with van der Waals surface area (Å²) in [5.41, 5.74) is 2.83. The molecule has 3 aromatic rings. The van der Waals surface area contributed by atoms with Crippen molar-refractivity contribution in [3.8, 4) is 11.1 Å². The molecule has 3 aromatic carbocycles. The van der Waals surface area contributed by atoms with E-state index in [0.717, 1.165) is 21.9 Å². The second kappa shape index (κ2) is 5.17. The predicted octanol–water partition coefficient (Wildman–Crippen LogP) is 4.29. The highest BCUT2D eigenvalue weighted by atomic mass is 16.5. The highest BCUT2D eigenvalue weighted by Gasteiger charge is 2.09. The minimum atomic E-state index is -0.310. The van der Waals surface area contributed by atoms with E-state index in [1.54, 1.807) is 6.07 Å². The van der Waals surface area contributed by atoms with Crippen LogP contribution >= 0.6 is 0 Å². The van der Waals surface area contributed by atoms with Crippen molar-refractivity contribution in [3.63, 3.8) is 0 Å². The summed E-state index contributed by atoms with van der Waals surface area (Å²) in [5, 5.41) is 2.17. The second-order valence-electron chi connectivity index (χ2n) is 4.60. The first-order chi connectivity index (χ1) is 9.79. The van der Waals surface area contributed by atoms with Gasteiger partial charge in [-0.3, -0.25) is 0 Å². The lowest BCUT2D eigenvalue weighted by atomic mass is 9.97. The van der Waals surface area contributed by atoms with Crippen LogP contribution in [0.5, 0.6) is 0 Å². The molecule has 0 aliphatic heterocycles. The number of hydrogen-bond donors (Lipinski definition) is 0. The molecule has 0 aliphatic carbocycles. The number of carbonyl (C=O) groups excluding carboxylic acids is 1. The molecule has 0 saturated heterocycles. The summed E-state index contributed by atoms with van der Waals surface area (Å²) in [6.45, 7) is 0. The SMILES string of the molecule is COC(=O)c1ccc2cccc(-c3ccccc3)c2c1. The Bertz CT molecular complexity index is 761. The Morgan fingerprint density at radius 1 is 0.900 bits per heavy atom. The van der Waals surface area contributed by atoms with Crippen LogP contribution in [0.25, 0.3) is 21.9 Å². The lowest BCUT2D eigenvalue weighted by molar-refractivity contribution is 0.0601. The molecule has 0 fully saturated rings. The molecule has 0 heterocycles. The quantitative estimate of drug-likeness (QED) is 0.644. The fourth-order valence-electron chi connectivity index (χ4n) is 2.39. The van der Waals surface area contributed by atoms with E-state index in [9.17, 15) is 4.79 Å². The largest absolute Gasteiger partial charge is 0.465 e. The van der Waals surface area contributed by atoms with Crippen LogP contribution in [0.1, 0.15) is 10.4 Å². The van der Waals surface area contributed by atoms with Gasteiger partial charge in [0.1, 0.15) is 0 Å². The fourth-order valence-corrected chi connectivity index (χ4v) is 2.39. The van der Waals surface area contributed by atoms with Crippen molar-refractivity contribution >= 4 is 16.7 Å². The van der Waals surface area contributed by atoms with Gasteiger partial charge < -0.3 is 4.74 Å². The first-order valence-corrected chi connectivity index (χ1v) is 6.46. The van der Waals surface area contributed by atoms with Crippen LogP contribution < -0.4 is 0 Å². The molecule has 3 rings (SSSR count).